The SMILES string of the molecule is CC.CC.CC.CC.O=C1CCOc2ccccc21. The number of ether oxygens (including phenoxy) is 1. The highest BCUT2D eigenvalue weighted by Gasteiger charge is 2.16. The van der Waals surface area contributed by atoms with Gasteiger partial charge in [0, 0.05) is 6.42 Å². The van der Waals surface area contributed by atoms with E-state index in [1.165, 1.54) is 0 Å². The van der Waals surface area contributed by atoms with Crippen LogP contribution in [0.2, 0.25) is 0 Å². The van der Waals surface area contributed by atoms with Crippen LogP contribution in [0.25, 0.3) is 0 Å². The Morgan fingerprint density at radius 3 is 1.79 bits per heavy atom. The Morgan fingerprint density at radius 1 is 0.842 bits per heavy atom. The minimum Gasteiger partial charge on any atom is -0.492 e. The standard InChI is InChI=1S/C9H8O2.4C2H6/c10-8-5-6-11-9-4-2-1-3-7(8)9;4*1-2/h1-4H,5-6H2;4*1-2H3. The van der Waals surface area contributed by atoms with Gasteiger partial charge >= 0.3 is 0 Å². The fraction of sp³-hybridized carbons (Fsp3) is 0.588. The third-order valence-corrected chi connectivity index (χ3v) is 1.77. The number of hydrogen-bond acceptors (Lipinski definition) is 2. The molecular weight excluding hydrogens is 236 g/mol. The summed E-state index contributed by atoms with van der Waals surface area (Å²) in [6.07, 6.45) is 0.511. The number of carbonyl (C=O) groups is 1. The van der Waals surface area contributed by atoms with E-state index in [1.54, 1.807) is 6.07 Å². The normalized spacial score (nSPS) is 10.2. The molecular formula is C17H32O2. The fourth-order valence-electron chi connectivity index (χ4n) is 1.21. The maximum atomic E-state index is 11.2. The van der Waals surface area contributed by atoms with Gasteiger partial charge in [0.2, 0.25) is 0 Å². The van der Waals surface area contributed by atoms with E-state index in [0.29, 0.717) is 13.0 Å². The summed E-state index contributed by atoms with van der Waals surface area (Å²) in [6.45, 7) is 16.5. The molecule has 0 amide bonds. The Morgan fingerprint density at radius 2 is 1.32 bits per heavy atom. The van der Waals surface area contributed by atoms with E-state index in [9.17, 15) is 4.79 Å². The second-order valence-electron chi connectivity index (χ2n) is 2.52. The van der Waals surface area contributed by atoms with Crippen molar-refractivity contribution in [1.29, 1.82) is 0 Å². The minimum atomic E-state index is 0.187. The summed E-state index contributed by atoms with van der Waals surface area (Å²) in [5.41, 5.74) is 0.721. The summed E-state index contributed by atoms with van der Waals surface area (Å²) in [4.78, 5) is 11.2. The van der Waals surface area contributed by atoms with Gasteiger partial charge in [0.05, 0.1) is 12.2 Å². The summed E-state index contributed by atoms with van der Waals surface area (Å²) < 4.78 is 5.27. The molecule has 0 fully saturated rings. The van der Waals surface area contributed by atoms with Crippen LogP contribution in [0.4, 0.5) is 0 Å². The largest absolute Gasteiger partial charge is 0.492 e. The third kappa shape index (κ3) is 9.29. The Bertz CT molecular complexity index is 293. The summed E-state index contributed by atoms with van der Waals surface area (Å²) in [5, 5.41) is 0. The molecule has 2 heteroatoms. The van der Waals surface area contributed by atoms with Gasteiger partial charge in [-0.05, 0) is 12.1 Å². The van der Waals surface area contributed by atoms with Crippen molar-refractivity contribution in [3.63, 3.8) is 0 Å². The van der Waals surface area contributed by atoms with Crippen LogP contribution in [-0.2, 0) is 0 Å². The van der Waals surface area contributed by atoms with Crippen LogP contribution in [-0.4, -0.2) is 12.4 Å². The van der Waals surface area contributed by atoms with E-state index >= 15 is 0 Å². The molecule has 1 heterocycles. The number of fused-ring (bicyclic) bond motifs is 1. The highest BCUT2D eigenvalue weighted by Crippen LogP contribution is 2.23. The number of rotatable bonds is 0. The van der Waals surface area contributed by atoms with Gasteiger partial charge in [-0.15, -0.1) is 0 Å². The second-order valence-corrected chi connectivity index (χ2v) is 2.52. The molecule has 112 valence electrons. The maximum absolute atomic E-state index is 11.2. The number of para-hydroxylation sites is 1. The molecule has 1 aromatic carbocycles. The van der Waals surface area contributed by atoms with E-state index in [2.05, 4.69) is 0 Å². The molecule has 1 aliphatic heterocycles. The monoisotopic (exact) mass is 268 g/mol. The van der Waals surface area contributed by atoms with E-state index in [0.717, 1.165) is 11.3 Å². The van der Waals surface area contributed by atoms with Gasteiger partial charge in [-0.2, -0.15) is 0 Å². The van der Waals surface area contributed by atoms with Crippen LogP contribution in [0.3, 0.4) is 0 Å². The van der Waals surface area contributed by atoms with Gasteiger partial charge in [0.1, 0.15) is 5.75 Å². The molecule has 0 spiro atoms. The summed E-state index contributed by atoms with van der Waals surface area (Å²) >= 11 is 0. The predicted molar refractivity (Wildman–Crippen MR) is 86.3 cm³/mol. The van der Waals surface area contributed by atoms with Crippen molar-refractivity contribution in [3.05, 3.63) is 29.8 Å². The number of carbonyl (C=O) groups excluding carboxylic acids is 1. The first-order valence-corrected chi connectivity index (χ1v) is 7.63. The smallest absolute Gasteiger partial charge is 0.169 e. The summed E-state index contributed by atoms with van der Waals surface area (Å²) in [7, 11) is 0. The quantitative estimate of drug-likeness (QED) is 0.598. The fourth-order valence-corrected chi connectivity index (χ4v) is 1.21. The van der Waals surface area contributed by atoms with Crippen LogP contribution in [0.5, 0.6) is 5.75 Å². The molecule has 0 aromatic heterocycles. The number of ketones is 1. The molecule has 1 aliphatic rings. The maximum Gasteiger partial charge on any atom is 0.169 e. The molecule has 1 aromatic rings. The van der Waals surface area contributed by atoms with Crippen molar-refractivity contribution in [1.82, 2.24) is 0 Å². The lowest BCUT2D eigenvalue weighted by molar-refractivity contribution is 0.0933. The highest BCUT2D eigenvalue weighted by molar-refractivity contribution is 5.99. The van der Waals surface area contributed by atoms with Crippen molar-refractivity contribution in [2.45, 2.75) is 61.8 Å². The van der Waals surface area contributed by atoms with Crippen molar-refractivity contribution < 1.29 is 9.53 Å². The molecule has 2 rings (SSSR count). The molecule has 0 saturated heterocycles. The van der Waals surface area contributed by atoms with Crippen molar-refractivity contribution in [2.75, 3.05) is 6.61 Å². The van der Waals surface area contributed by atoms with Crippen LogP contribution >= 0.6 is 0 Å². The first-order valence-electron chi connectivity index (χ1n) is 7.63. The molecule has 2 nitrogen and oxygen atoms in total. The molecule has 0 radical (unpaired) electrons. The van der Waals surface area contributed by atoms with Crippen LogP contribution in [0.1, 0.15) is 72.2 Å². The Kier molecular flexibility index (Phi) is 22.9. The zero-order chi connectivity index (χ0) is 15.7. The van der Waals surface area contributed by atoms with E-state index in [-0.39, 0.29) is 5.78 Å². The molecule has 0 aliphatic carbocycles. The van der Waals surface area contributed by atoms with Gasteiger partial charge in [-0.25, -0.2) is 0 Å². The predicted octanol–water partition coefficient (Wildman–Crippen LogP) is 5.76. The Hall–Kier alpha value is -1.31. The average molecular weight is 268 g/mol. The number of Topliss-reactive ketones (excluding diaryl/α,β-unsaturated/α-hetero) is 1. The molecule has 0 unspecified atom stereocenters. The zero-order valence-electron chi connectivity index (χ0n) is 14.0. The Balaban J connectivity index is -0.000000278. The zero-order valence-corrected chi connectivity index (χ0v) is 14.0. The molecule has 0 N–H and O–H groups in total. The second kappa shape index (κ2) is 19.0. The Labute approximate surface area is 120 Å². The summed E-state index contributed by atoms with van der Waals surface area (Å²) in [5.74, 6) is 0.913. The van der Waals surface area contributed by atoms with E-state index in [1.807, 2.05) is 73.6 Å². The van der Waals surface area contributed by atoms with E-state index in [4.69, 9.17) is 4.74 Å². The first kappa shape index (κ1) is 22.8. The van der Waals surface area contributed by atoms with Gasteiger partial charge in [0.15, 0.2) is 5.78 Å². The average Bonchev–Trinajstić information content (AvgIpc) is 2.56. The van der Waals surface area contributed by atoms with Gasteiger partial charge in [-0.3, -0.25) is 4.79 Å². The van der Waals surface area contributed by atoms with Crippen molar-refractivity contribution in [2.24, 2.45) is 0 Å². The number of benzene rings is 1. The lowest BCUT2D eigenvalue weighted by atomic mass is 10.1. The van der Waals surface area contributed by atoms with Gasteiger partial charge < -0.3 is 4.74 Å². The van der Waals surface area contributed by atoms with Crippen molar-refractivity contribution in [3.8, 4) is 5.75 Å². The van der Waals surface area contributed by atoms with Crippen molar-refractivity contribution >= 4 is 5.78 Å². The molecule has 0 bridgehead atoms. The topological polar surface area (TPSA) is 26.3 Å². The molecule has 0 saturated carbocycles. The lowest BCUT2D eigenvalue weighted by Crippen LogP contribution is -2.14. The van der Waals surface area contributed by atoms with Gasteiger partial charge in [0.25, 0.3) is 0 Å². The highest BCUT2D eigenvalue weighted by atomic mass is 16.5. The van der Waals surface area contributed by atoms with Crippen LogP contribution in [0, 0.1) is 0 Å². The lowest BCUT2D eigenvalue weighted by Gasteiger charge is -2.14. The summed E-state index contributed by atoms with van der Waals surface area (Å²) in [6, 6.07) is 7.35. The molecule has 19 heavy (non-hydrogen) atoms. The third-order valence-electron chi connectivity index (χ3n) is 1.77. The first-order chi connectivity index (χ1) is 9.38. The molecule has 0 atom stereocenters. The van der Waals surface area contributed by atoms with Crippen LogP contribution < -0.4 is 4.74 Å². The van der Waals surface area contributed by atoms with Gasteiger partial charge in [-0.1, -0.05) is 67.5 Å². The number of hydrogen-bond donors (Lipinski definition) is 0. The minimum absolute atomic E-state index is 0.187. The van der Waals surface area contributed by atoms with E-state index < -0.39 is 0 Å². The van der Waals surface area contributed by atoms with Crippen LogP contribution in [0.15, 0.2) is 24.3 Å².